The topological polar surface area (TPSA) is 217 Å². The van der Waals surface area contributed by atoms with Crippen LogP contribution >= 0.6 is 0 Å². The third-order valence-corrected chi connectivity index (χ3v) is 14.8. The van der Waals surface area contributed by atoms with E-state index in [1.54, 1.807) is 0 Å². The number of aromatic nitrogens is 4. The molecule has 4 aromatic carbocycles. The van der Waals surface area contributed by atoms with Gasteiger partial charge in [0.05, 0.1) is 34.2 Å². The van der Waals surface area contributed by atoms with Gasteiger partial charge in [0.25, 0.3) is 0 Å². The second kappa shape index (κ2) is 23.8. The van der Waals surface area contributed by atoms with Crippen molar-refractivity contribution in [3.63, 3.8) is 0 Å². The normalized spacial score (nSPS) is 18.1. The van der Waals surface area contributed by atoms with Crippen LogP contribution in [-0.2, 0) is 29.1 Å². The van der Waals surface area contributed by atoms with Gasteiger partial charge in [0.2, 0.25) is 11.8 Å². The number of para-hydroxylation sites is 4. The minimum atomic E-state index is -0.295. The van der Waals surface area contributed by atoms with Crippen molar-refractivity contribution in [3.8, 4) is 44.5 Å². The van der Waals surface area contributed by atoms with Gasteiger partial charge in [-0.3, -0.25) is 24.5 Å². The number of carbonyl (C=O) groups is 2. The fraction of sp³-hybridized carbons (Fsp3) is 0.226. The predicted octanol–water partition coefficient (Wildman–Crippen LogP) is 8.36. The maximum Gasteiger partial charge on any atom is 2.00 e. The quantitative estimate of drug-likeness (QED) is 0.0798. The molecule has 0 saturated carbocycles. The van der Waals surface area contributed by atoms with Crippen LogP contribution in [0.4, 0.5) is 22.7 Å². The number of hydrogen-bond acceptors (Lipinski definition) is 12. The summed E-state index contributed by atoms with van der Waals surface area (Å²) in [4.78, 5) is 60.8. The fourth-order valence-electron chi connectivity index (χ4n) is 10.9. The van der Waals surface area contributed by atoms with Crippen LogP contribution in [0, 0.1) is 0 Å². The van der Waals surface area contributed by atoms with Gasteiger partial charge < -0.3 is 46.3 Å². The summed E-state index contributed by atoms with van der Waals surface area (Å²) < 4.78 is 0. The van der Waals surface area contributed by atoms with Gasteiger partial charge in [-0.05, 0) is 97.5 Å². The summed E-state index contributed by atoms with van der Waals surface area (Å²) in [6.45, 7) is 5.34. The van der Waals surface area contributed by atoms with Crippen LogP contribution in [0.1, 0.15) is 48.5 Å². The van der Waals surface area contributed by atoms with Crippen molar-refractivity contribution in [2.24, 2.45) is 9.98 Å². The van der Waals surface area contributed by atoms with Crippen molar-refractivity contribution >= 4 is 92.7 Å². The Bertz CT molecular complexity index is 3780. The molecular weight excluding hydrogens is 1040 g/mol. The third-order valence-electron chi connectivity index (χ3n) is 14.8. The van der Waals surface area contributed by atoms with E-state index >= 15 is 0 Å². The van der Waals surface area contributed by atoms with Gasteiger partial charge in [-0.15, -0.1) is 0 Å². The van der Waals surface area contributed by atoms with E-state index in [9.17, 15) is 19.8 Å². The molecule has 6 aliphatic heterocycles. The van der Waals surface area contributed by atoms with E-state index in [0.717, 1.165) is 22.3 Å². The first kappa shape index (κ1) is 52.9. The minimum Gasteiger partial charge on any atom is -0.862 e. The first-order valence-corrected chi connectivity index (χ1v) is 26.8. The average Bonchev–Trinajstić information content (AvgIpc) is 4.43. The zero-order chi connectivity index (χ0) is 53.0. The standard InChI is InChI=1S/C62H60N12O4.Zn/c75-55-25-29-63-31-35-74-36-32-64-30-26-56(76)70-44-14-6-2-10-40(44)60-48-18-17-47(65-48)59(39-9-1-5-13-43(39)69-55)49-19-21-51(66-49)61-41-11-3-7-15-45(41)71-57(77)27-33-73(37-38-74)34-28-58(78)72-46-16-8-4-12-42(46)62(52-22-20-50(60)67-52)54-24-23-53(61)68-54;/h1-24,63-64,66,68H,25-38H2,(H,69,75)(H,70,76)(H,71,77)(H,72,78);/q;+2/p-2. The van der Waals surface area contributed by atoms with E-state index in [4.69, 9.17) is 20.0 Å². The molecule has 3 aromatic heterocycles. The summed E-state index contributed by atoms with van der Waals surface area (Å²) in [6, 6.07) is 38.9. The molecule has 6 aliphatic rings. The largest absolute Gasteiger partial charge is 2.00 e. The third kappa shape index (κ3) is 11.5. The summed E-state index contributed by atoms with van der Waals surface area (Å²) in [7, 11) is 0. The summed E-state index contributed by atoms with van der Waals surface area (Å²) in [5.41, 5.74) is 13.1. The van der Waals surface area contributed by atoms with Gasteiger partial charge in [-0.1, -0.05) is 72.8 Å². The molecule has 2 amide bonds. The molecule has 16 nitrogen and oxygen atoms in total. The Balaban J connectivity index is 0.00000660. The number of fused-ring (bicyclic) bond motifs is 17. The van der Waals surface area contributed by atoms with Gasteiger partial charge in [0, 0.05) is 156 Å². The number of anilines is 2. The molecule has 0 spiro atoms. The average molecular weight is 1100 g/mol. The van der Waals surface area contributed by atoms with Crippen molar-refractivity contribution in [2.45, 2.75) is 25.7 Å². The van der Waals surface area contributed by atoms with E-state index in [1.807, 2.05) is 146 Å². The predicted molar refractivity (Wildman–Crippen MR) is 309 cm³/mol. The monoisotopic (exact) mass is 1100 g/mol. The molecule has 6 N–H and O–H groups in total. The molecular formula is C62H58N12O4Zn. The first-order valence-electron chi connectivity index (χ1n) is 26.8. The number of amides is 2. The Labute approximate surface area is 470 Å². The van der Waals surface area contributed by atoms with Crippen molar-refractivity contribution in [2.75, 3.05) is 76.1 Å². The maximum atomic E-state index is 14.3. The van der Waals surface area contributed by atoms with Gasteiger partial charge in [0.1, 0.15) is 0 Å². The Kier molecular flexibility index (Phi) is 15.9. The Morgan fingerprint density at radius 3 is 1.27 bits per heavy atom. The molecule has 392 valence electrons. The molecule has 0 aliphatic carbocycles. The number of aliphatic imine (C=N–C) groups is 2. The smallest absolute Gasteiger partial charge is 0.862 e. The zero-order valence-electron chi connectivity index (χ0n) is 43.8. The van der Waals surface area contributed by atoms with Crippen LogP contribution in [-0.4, -0.2) is 119 Å². The van der Waals surface area contributed by atoms with Gasteiger partial charge >= 0.3 is 19.5 Å². The molecule has 9 heterocycles. The van der Waals surface area contributed by atoms with E-state index in [2.05, 4.69) is 41.0 Å². The van der Waals surface area contributed by atoms with Gasteiger partial charge in [-0.25, -0.2) is 9.97 Å². The van der Waals surface area contributed by atoms with Crippen LogP contribution in [0.2, 0.25) is 0 Å². The van der Waals surface area contributed by atoms with Gasteiger partial charge in [-0.2, -0.15) is 0 Å². The minimum absolute atomic E-state index is 0. The van der Waals surface area contributed by atoms with Crippen LogP contribution in [0.3, 0.4) is 0 Å². The number of nitrogens with zero attached hydrogens (tertiary/aromatic N) is 6. The molecule has 7 aromatic rings. The number of nitrogens with one attached hydrogen (secondary N) is 6. The number of H-pyrrole nitrogens is 2. The molecule has 2 atom stereocenters. The van der Waals surface area contributed by atoms with Crippen molar-refractivity contribution in [3.05, 3.63) is 144 Å². The summed E-state index contributed by atoms with van der Waals surface area (Å²) in [6.07, 6.45) is 8.58. The molecule has 0 fully saturated rings. The number of benzene rings is 4. The molecule has 2 unspecified atom stereocenters. The van der Waals surface area contributed by atoms with Crippen molar-refractivity contribution in [1.82, 2.24) is 40.4 Å². The molecule has 0 saturated heterocycles. The van der Waals surface area contributed by atoms with Crippen LogP contribution in [0.15, 0.2) is 131 Å². The number of aromatic amines is 2. The van der Waals surface area contributed by atoms with Crippen molar-refractivity contribution in [1.29, 1.82) is 0 Å². The molecule has 14 bridgehead atoms. The molecule has 0 radical (unpaired) electrons. The second-order valence-corrected chi connectivity index (χ2v) is 19.9. The Morgan fingerprint density at radius 2 is 0.772 bits per heavy atom. The summed E-state index contributed by atoms with van der Waals surface area (Å²) >= 11 is 0. The molecule has 79 heavy (non-hydrogen) atoms. The van der Waals surface area contributed by atoms with Gasteiger partial charge in [0.15, 0.2) is 0 Å². The molecule has 13 rings (SSSR count). The summed E-state index contributed by atoms with van der Waals surface area (Å²) in [5.74, 6) is -0.864. The van der Waals surface area contributed by atoms with E-state index in [1.165, 1.54) is 0 Å². The van der Waals surface area contributed by atoms with Crippen molar-refractivity contribution < 1.29 is 39.3 Å². The van der Waals surface area contributed by atoms with Crippen LogP contribution < -0.4 is 31.5 Å². The number of carbonyl (C=O) groups excluding carboxylic acids is 2. The number of rotatable bonds is 0. The first-order chi connectivity index (χ1) is 38.3. The Morgan fingerprint density at radius 1 is 0.392 bits per heavy atom. The van der Waals surface area contributed by atoms with Crippen LogP contribution in [0.5, 0.6) is 0 Å². The number of hydrogen-bond donors (Lipinski definition) is 6. The summed E-state index contributed by atoms with van der Waals surface area (Å²) in [5, 5.41) is 42.1. The molecule has 17 heteroatoms. The van der Waals surface area contributed by atoms with Crippen LogP contribution in [0.25, 0.3) is 90.9 Å². The zero-order valence-corrected chi connectivity index (χ0v) is 46.7. The SMILES string of the molecule is O=C1CCNCCN2CCNCCC(=O)Nc3ccccc3-c3c4nc(c(c5nc(c6c7ccc([nH]7)c(c7ccc3[nH]7)-c3ccccc3N=C([O-])CCN(CCC([O-])=Nc3ccccc3-6)CC2)C=C5)-c2ccccc2N1)C=C4.[Zn+2]. The van der Waals surface area contributed by atoms with E-state index in [0.29, 0.717) is 155 Å². The fourth-order valence-corrected chi connectivity index (χ4v) is 10.9. The maximum absolute atomic E-state index is 14.3. The van der Waals surface area contributed by atoms with E-state index in [-0.39, 0.29) is 68.8 Å². The Hall–Kier alpha value is -8.18. The van der Waals surface area contributed by atoms with E-state index < -0.39 is 0 Å². The second-order valence-electron chi connectivity index (χ2n) is 19.9.